The number of rotatable bonds is 3. The molecule has 1 aliphatic heterocycles. The largest absolute Gasteiger partial charge is 0.491 e. The average molecular weight is 232 g/mol. The van der Waals surface area contributed by atoms with Crippen LogP contribution in [0, 0.1) is 0 Å². The zero-order valence-corrected chi connectivity index (χ0v) is 9.55. The third-order valence-corrected chi connectivity index (χ3v) is 2.53. The van der Waals surface area contributed by atoms with Gasteiger partial charge < -0.3 is 14.4 Å². The molecule has 1 aliphatic rings. The lowest BCUT2D eigenvalue weighted by atomic mass is 9.79. The topological polar surface area (TPSA) is 55.8 Å². The van der Waals surface area contributed by atoms with Crippen LogP contribution in [0.3, 0.4) is 0 Å². The van der Waals surface area contributed by atoms with E-state index < -0.39 is 7.12 Å². The Hall–Kier alpha value is -1.59. The van der Waals surface area contributed by atoms with Gasteiger partial charge in [0.1, 0.15) is 0 Å². The summed E-state index contributed by atoms with van der Waals surface area (Å²) in [6, 6.07) is 5.56. The normalized spacial score (nSPS) is 14.1. The minimum Gasteiger partial charge on any atom is -0.463 e. The summed E-state index contributed by atoms with van der Waals surface area (Å²) in [5.41, 5.74) is 2.57. The third kappa shape index (κ3) is 2.75. The molecule has 5 heteroatoms. The molecule has 4 nitrogen and oxygen atoms in total. The predicted octanol–water partition coefficient (Wildman–Crippen LogP) is 0.481. The molecule has 1 N–H and O–H groups in total. The molecular formula is C12H13BO4. The lowest BCUT2D eigenvalue weighted by Gasteiger charge is -2.00. The second-order valence-corrected chi connectivity index (χ2v) is 3.71. The van der Waals surface area contributed by atoms with Gasteiger partial charge >= 0.3 is 13.1 Å². The molecule has 1 aromatic rings. The van der Waals surface area contributed by atoms with Crippen molar-refractivity contribution in [3.63, 3.8) is 0 Å². The van der Waals surface area contributed by atoms with Crippen LogP contribution in [0.4, 0.5) is 0 Å². The van der Waals surface area contributed by atoms with Crippen LogP contribution < -0.4 is 5.46 Å². The molecule has 0 radical (unpaired) electrons. The molecule has 1 heterocycles. The van der Waals surface area contributed by atoms with Crippen molar-refractivity contribution >= 4 is 24.6 Å². The maximum absolute atomic E-state index is 11.1. The van der Waals surface area contributed by atoms with Crippen LogP contribution >= 0.6 is 0 Å². The molecule has 0 unspecified atom stereocenters. The van der Waals surface area contributed by atoms with E-state index in [1.807, 2.05) is 18.2 Å². The van der Waals surface area contributed by atoms with Crippen LogP contribution in [0.2, 0.25) is 0 Å². The summed E-state index contributed by atoms with van der Waals surface area (Å²) in [6.45, 7) is 2.55. The van der Waals surface area contributed by atoms with Gasteiger partial charge in [-0.25, -0.2) is 4.79 Å². The molecule has 0 spiro atoms. The monoisotopic (exact) mass is 232 g/mol. The number of benzene rings is 1. The van der Waals surface area contributed by atoms with Crippen LogP contribution in [-0.2, 0) is 20.8 Å². The summed E-state index contributed by atoms with van der Waals surface area (Å²) in [6.07, 6.45) is 3.02. The predicted molar refractivity (Wildman–Crippen MR) is 64.5 cm³/mol. The summed E-state index contributed by atoms with van der Waals surface area (Å²) >= 11 is 0. The summed E-state index contributed by atoms with van der Waals surface area (Å²) in [5, 5.41) is 9.53. The smallest absolute Gasteiger partial charge is 0.463 e. The Balaban J connectivity index is 2.13. The van der Waals surface area contributed by atoms with Gasteiger partial charge in [0.05, 0.1) is 13.2 Å². The number of carbonyl (C=O) groups excluding carboxylic acids is 1. The first-order chi connectivity index (χ1) is 8.20. The Morgan fingerprint density at radius 3 is 3.24 bits per heavy atom. The second-order valence-electron chi connectivity index (χ2n) is 3.71. The standard InChI is InChI=1S/C12H13BO4/c1-2-16-12(14)6-4-9-3-5-10-8-17-13(15)11(10)7-9/h3-7,15H,2,8H2,1H3/b6-4+. The quantitative estimate of drug-likeness (QED) is 0.468. The van der Waals surface area contributed by atoms with Crippen LogP contribution in [0.5, 0.6) is 0 Å². The zero-order chi connectivity index (χ0) is 12.3. The highest BCUT2D eigenvalue weighted by atomic mass is 16.5. The number of hydrogen-bond donors (Lipinski definition) is 1. The fraction of sp³-hybridized carbons (Fsp3) is 0.250. The summed E-state index contributed by atoms with van der Waals surface area (Å²) < 4.78 is 9.86. The molecule has 0 saturated carbocycles. The minimum absolute atomic E-state index is 0.361. The van der Waals surface area contributed by atoms with Gasteiger partial charge in [-0.1, -0.05) is 18.2 Å². The van der Waals surface area contributed by atoms with Crippen molar-refractivity contribution in [1.82, 2.24) is 0 Å². The molecule has 0 bridgehead atoms. The fourth-order valence-corrected chi connectivity index (χ4v) is 1.69. The first-order valence-corrected chi connectivity index (χ1v) is 5.48. The van der Waals surface area contributed by atoms with Crippen LogP contribution in [0.1, 0.15) is 18.1 Å². The molecule has 88 valence electrons. The van der Waals surface area contributed by atoms with Gasteiger partial charge in [0.25, 0.3) is 0 Å². The molecule has 2 rings (SSSR count). The van der Waals surface area contributed by atoms with Crippen LogP contribution in [0.15, 0.2) is 24.3 Å². The van der Waals surface area contributed by atoms with Crippen molar-refractivity contribution in [3.05, 3.63) is 35.4 Å². The molecule has 1 aromatic carbocycles. The molecule has 0 fully saturated rings. The molecule has 0 atom stereocenters. The van der Waals surface area contributed by atoms with Gasteiger partial charge in [-0.15, -0.1) is 0 Å². The van der Waals surface area contributed by atoms with E-state index in [9.17, 15) is 9.82 Å². The Bertz CT molecular complexity index is 456. The highest BCUT2D eigenvalue weighted by Crippen LogP contribution is 2.12. The number of fused-ring (bicyclic) bond motifs is 1. The summed E-state index contributed by atoms with van der Waals surface area (Å²) in [7, 11) is -0.860. The summed E-state index contributed by atoms with van der Waals surface area (Å²) in [4.78, 5) is 11.1. The van der Waals surface area contributed by atoms with Gasteiger partial charge in [0.2, 0.25) is 0 Å². The lowest BCUT2D eigenvalue weighted by molar-refractivity contribution is -0.137. The molecule has 0 aromatic heterocycles. The van der Waals surface area contributed by atoms with Crippen LogP contribution in [0.25, 0.3) is 6.08 Å². The highest BCUT2D eigenvalue weighted by Gasteiger charge is 2.26. The highest BCUT2D eigenvalue weighted by molar-refractivity contribution is 6.61. The molecule has 0 saturated heterocycles. The lowest BCUT2D eigenvalue weighted by Crippen LogP contribution is -2.28. The number of carbonyl (C=O) groups is 1. The maximum atomic E-state index is 11.1. The van der Waals surface area contributed by atoms with Crippen molar-refractivity contribution in [2.75, 3.05) is 6.61 Å². The zero-order valence-electron chi connectivity index (χ0n) is 9.55. The van der Waals surface area contributed by atoms with E-state index in [1.165, 1.54) is 6.08 Å². The van der Waals surface area contributed by atoms with Crippen molar-refractivity contribution in [3.8, 4) is 0 Å². The van der Waals surface area contributed by atoms with Crippen LogP contribution in [-0.4, -0.2) is 24.7 Å². The minimum atomic E-state index is -0.860. The van der Waals surface area contributed by atoms with Gasteiger partial charge in [0.15, 0.2) is 0 Å². The van der Waals surface area contributed by atoms with E-state index in [0.717, 1.165) is 16.6 Å². The van der Waals surface area contributed by atoms with Crippen molar-refractivity contribution in [2.45, 2.75) is 13.5 Å². The number of ether oxygens (including phenoxy) is 1. The van der Waals surface area contributed by atoms with Gasteiger partial charge in [-0.2, -0.15) is 0 Å². The van der Waals surface area contributed by atoms with Crippen molar-refractivity contribution < 1.29 is 19.2 Å². The average Bonchev–Trinajstić information content (AvgIpc) is 2.69. The SMILES string of the molecule is CCOC(=O)/C=C/c1ccc2c(c1)B(O)OC2. The van der Waals surface area contributed by atoms with Gasteiger partial charge in [-0.3, -0.25) is 0 Å². The molecule has 0 aliphatic carbocycles. The summed E-state index contributed by atoms with van der Waals surface area (Å²) in [5.74, 6) is -0.371. The number of esters is 1. The van der Waals surface area contributed by atoms with Crippen molar-refractivity contribution in [2.24, 2.45) is 0 Å². The number of hydrogen-bond acceptors (Lipinski definition) is 4. The molecule has 17 heavy (non-hydrogen) atoms. The Labute approximate surface area is 100 Å². The first kappa shape index (κ1) is 11.9. The Morgan fingerprint density at radius 1 is 1.65 bits per heavy atom. The van der Waals surface area contributed by atoms with E-state index >= 15 is 0 Å². The van der Waals surface area contributed by atoms with E-state index in [-0.39, 0.29) is 5.97 Å². The third-order valence-electron chi connectivity index (χ3n) is 2.53. The van der Waals surface area contributed by atoms with E-state index in [1.54, 1.807) is 13.0 Å². The Kier molecular flexibility index (Phi) is 3.61. The maximum Gasteiger partial charge on any atom is 0.491 e. The fourth-order valence-electron chi connectivity index (χ4n) is 1.69. The van der Waals surface area contributed by atoms with E-state index in [0.29, 0.717) is 13.2 Å². The first-order valence-electron chi connectivity index (χ1n) is 5.48. The Morgan fingerprint density at radius 2 is 2.47 bits per heavy atom. The van der Waals surface area contributed by atoms with E-state index in [2.05, 4.69) is 0 Å². The molecule has 0 amide bonds. The van der Waals surface area contributed by atoms with Crippen molar-refractivity contribution in [1.29, 1.82) is 0 Å². The van der Waals surface area contributed by atoms with E-state index in [4.69, 9.17) is 9.39 Å². The second kappa shape index (κ2) is 5.16. The molecular weight excluding hydrogens is 219 g/mol. The van der Waals surface area contributed by atoms with Gasteiger partial charge in [-0.05, 0) is 29.6 Å². The van der Waals surface area contributed by atoms with Gasteiger partial charge in [0, 0.05) is 6.08 Å².